The van der Waals surface area contributed by atoms with Gasteiger partial charge in [0.1, 0.15) is 0 Å². The Kier molecular flexibility index (Phi) is 65.8. The van der Waals surface area contributed by atoms with E-state index in [9.17, 15) is 0 Å². The van der Waals surface area contributed by atoms with Gasteiger partial charge in [-0.1, -0.05) is 53.2 Å². The summed E-state index contributed by atoms with van der Waals surface area (Å²) < 4.78 is 0. The zero-order chi connectivity index (χ0) is 12.4. The van der Waals surface area contributed by atoms with Crippen LogP contribution in [0, 0.1) is 0 Å². The number of rotatable bonds is 2. The second-order valence-corrected chi connectivity index (χ2v) is 1.65. The molecule has 0 aliphatic heterocycles. The lowest BCUT2D eigenvalue weighted by molar-refractivity contribution is 1.10. The van der Waals surface area contributed by atoms with E-state index in [2.05, 4.69) is 18.3 Å². The average molecular weight is 201 g/mol. The molecule has 0 radical (unpaired) electrons. The van der Waals surface area contributed by atoms with Crippen LogP contribution in [0.3, 0.4) is 0 Å². The molecule has 0 aliphatic carbocycles. The van der Waals surface area contributed by atoms with Gasteiger partial charge in [0.15, 0.2) is 0 Å². The summed E-state index contributed by atoms with van der Waals surface area (Å²) in [7, 11) is 1.89. The Hall–Kier alpha value is -0.720. The Labute approximate surface area is 92.3 Å². The molecule has 0 atom stereocenters. The van der Waals surface area contributed by atoms with Crippen molar-refractivity contribution in [1.82, 2.24) is 5.32 Å². The van der Waals surface area contributed by atoms with Gasteiger partial charge >= 0.3 is 0 Å². The van der Waals surface area contributed by atoms with E-state index in [0.717, 1.165) is 0 Å². The molecule has 0 saturated heterocycles. The third-order valence-electron chi connectivity index (χ3n) is 0.968. The third kappa shape index (κ3) is 42.8. The first kappa shape index (κ1) is 23.3. The van der Waals surface area contributed by atoms with Crippen LogP contribution >= 0.6 is 0 Å². The van der Waals surface area contributed by atoms with E-state index in [1.807, 2.05) is 67.8 Å². The van der Waals surface area contributed by atoms with Gasteiger partial charge in [-0.25, -0.2) is 0 Å². The molecule has 0 fully saturated rings. The Balaban J connectivity index is -0.0000000708. The van der Waals surface area contributed by atoms with Crippen LogP contribution in [0.25, 0.3) is 0 Å². The molecule has 1 heteroatoms. The van der Waals surface area contributed by atoms with E-state index < -0.39 is 0 Å². The molecule has 0 bridgehead atoms. The Morgan fingerprint density at radius 2 is 1.29 bits per heavy atom. The normalized spacial score (nSPS) is 8.50. The molecule has 0 aromatic heterocycles. The lowest BCUT2D eigenvalue weighted by Gasteiger charge is -1.86. The van der Waals surface area contributed by atoms with Crippen molar-refractivity contribution >= 4 is 0 Å². The van der Waals surface area contributed by atoms with E-state index in [1.54, 1.807) is 0 Å². The zero-order valence-electron chi connectivity index (χ0n) is 11.7. The van der Waals surface area contributed by atoms with E-state index in [4.69, 9.17) is 0 Å². The number of hydrogen-bond donors (Lipinski definition) is 1. The number of nitrogens with one attached hydrogen (secondary N) is 1. The summed E-state index contributed by atoms with van der Waals surface area (Å²) in [4.78, 5) is 0. The second-order valence-electron chi connectivity index (χ2n) is 1.65. The average Bonchev–Trinajstić information content (AvgIpc) is 2.33. The smallest absolute Gasteiger partial charge is 0.00277 e. The quantitative estimate of drug-likeness (QED) is 0.635. The Morgan fingerprint density at radius 3 is 1.50 bits per heavy atom. The summed E-state index contributed by atoms with van der Waals surface area (Å²) in [5.74, 6) is 0. The predicted octanol–water partition coefficient (Wildman–Crippen LogP) is 4.76. The molecule has 0 amide bonds. The minimum absolute atomic E-state index is 1.28. The molecular formula is C13H31N. The van der Waals surface area contributed by atoms with Gasteiger partial charge in [0.2, 0.25) is 0 Å². The van der Waals surface area contributed by atoms with Crippen LogP contribution in [0.2, 0.25) is 0 Å². The minimum atomic E-state index is 1.28. The largest absolute Gasteiger partial charge is 0.394 e. The van der Waals surface area contributed by atoms with Gasteiger partial charge in [-0.05, 0) is 26.1 Å². The molecule has 0 aromatic rings. The monoisotopic (exact) mass is 201 g/mol. The summed E-state index contributed by atoms with van der Waals surface area (Å²) >= 11 is 0. The van der Waals surface area contributed by atoms with Crippen LogP contribution in [0.15, 0.2) is 23.9 Å². The van der Waals surface area contributed by atoms with Crippen molar-refractivity contribution in [3.8, 4) is 0 Å². The second kappa shape index (κ2) is 39.6. The molecule has 14 heavy (non-hydrogen) atoms. The van der Waals surface area contributed by atoms with E-state index in [0.29, 0.717) is 0 Å². The van der Waals surface area contributed by atoms with Crippen molar-refractivity contribution in [3.63, 3.8) is 0 Å². The number of hydrogen-bond acceptors (Lipinski definition) is 1. The summed E-state index contributed by atoms with van der Waals surface area (Å²) in [5, 5.41) is 2.91. The third-order valence-corrected chi connectivity index (χ3v) is 0.968. The van der Waals surface area contributed by atoms with Gasteiger partial charge in [0.05, 0.1) is 0 Å². The van der Waals surface area contributed by atoms with E-state index in [-0.39, 0.29) is 0 Å². The highest BCUT2D eigenvalue weighted by Gasteiger charge is 1.71. The molecule has 1 nitrogen and oxygen atoms in total. The number of allylic oxidation sites excluding steroid dienone is 3. The maximum Gasteiger partial charge on any atom is 0.00277 e. The Bertz CT molecular complexity index is 102. The zero-order valence-corrected chi connectivity index (χ0v) is 11.7. The molecule has 0 saturated carbocycles. The molecule has 88 valence electrons. The predicted molar refractivity (Wildman–Crippen MR) is 71.7 cm³/mol. The molecule has 0 aliphatic rings. The SMILES string of the molecule is C/C=C(C)/C=C\NC.CC.CC.CC. The van der Waals surface area contributed by atoms with Gasteiger partial charge in [0, 0.05) is 7.05 Å². The fourth-order valence-electron chi connectivity index (χ4n) is 0.311. The van der Waals surface area contributed by atoms with Crippen molar-refractivity contribution < 1.29 is 0 Å². The molecule has 0 unspecified atom stereocenters. The first-order valence-electron chi connectivity index (χ1n) is 5.78. The van der Waals surface area contributed by atoms with Crippen LogP contribution in [0.4, 0.5) is 0 Å². The molecule has 1 N–H and O–H groups in total. The van der Waals surface area contributed by atoms with E-state index in [1.165, 1.54) is 5.57 Å². The summed E-state index contributed by atoms with van der Waals surface area (Å²) in [5.41, 5.74) is 1.28. The fraction of sp³-hybridized carbons (Fsp3) is 0.692. The highest BCUT2D eigenvalue weighted by Crippen LogP contribution is 1.90. The van der Waals surface area contributed by atoms with Gasteiger partial charge in [-0.3, -0.25) is 0 Å². The standard InChI is InChI=1S/C7H13N.3C2H6/c1-4-7(2)5-6-8-3;3*1-2/h4-6,8H,1-3H3;3*1-2H3/b6-5-,7-4+;;;. The first-order chi connectivity index (χ1) is 6.81. The fourth-order valence-corrected chi connectivity index (χ4v) is 0.311. The van der Waals surface area contributed by atoms with Gasteiger partial charge in [0.25, 0.3) is 0 Å². The lowest BCUT2D eigenvalue weighted by Crippen LogP contribution is -1.90. The maximum atomic E-state index is 2.91. The van der Waals surface area contributed by atoms with Crippen LogP contribution in [0.1, 0.15) is 55.4 Å². The maximum absolute atomic E-state index is 2.91. The molecule has 0 spiro atoms. The molecular weight excluding hydrogens is 170 g/mol. The summed E-state index contributed by atoms with van der Waals surface area (Å²) in [6, 6.07) is 0. The molecule has 0 aromatic carbocycles. The van der Waals surface area contributed by atoms with Gasteiger partial charge in [-0.2, -0.15) is 0 Å². The highest BCUT2D eigenvalue weighted by atomic mass is 14.8. The van der Waals surface area contributed by atoms with Crippen molar-refractivity contribution in [2.24, 2.45) is 0 Å². The minimum Gasteiger partial charge on any atom is -0.394 e. The van der Waals surface area contributed by atoms with Crippen LogP contribution < -0.4 is 5.32 Å². The van der Waals surface area contributed by atoms with Crippen molar-refractivity contribution in [3.05, 3.63) is 23.9 Å². The van der Waals surface area contributed by atoms with Crippen LogP contribution in [0.5, 0.6) is 0 Å². The first-order valence-corrected chi connectivity index (χ1v) is 5.78. The summed E-state index contributed by atoms with van der Waals surface area (Å²) in [6.07, 6.45) is 6.00. The van der Waals surface area contributed by atoms with Crippen molar-refractivity contribution in [2.75, 3.05) is 7.05 Å². The van der Waals surface area contributed by atoms with Crippen LogP contribution in [-0.4, -0.2) is 7.05 Å². The molecule has 0 heterocycles. The van der Waals surface area contributed by atoms with Gasteiger partial charge < -0.3 is 5.32 Å². The Morgan fingerprint density at radius 1 is 0.929 bits per heavy atom. The van der Waals surface area contributed by atoms with E-state index >= 15 is 0 Å². The lowest BCUT2D eigenvalue weighted by atomic mass is 10.3. The highest BCUT2D eigenvalue weighted by molar-refractivity contribution is 5.13. The molecule has 0 rings (SSSR count). The van der Waals surface area contributed by atoms with Crippen molar-refractivity contribution in [1.29, 1.82) is 0 Å². The van der Waals surface area contributed by atoms with Crippen molar-refractivity contribution in [2.45, 2.75) is 55.4 Å². The topological polar surface area (TPSA) is 12.0 Å². The van der Waals surface area contributed by atoms with Crippen LogP contribution in [-0.2, 0) is 0 Å². The summed E-state index contributed by atoms with van der Waals surface area (Å²) in [6.45, 7) is 16.1. The van der Waals surface area contributed by atoms with Gasteiger partial charge in [-0.15, -0.1) is 0 Å².